The van der Waals surface area contributed by atoms with Crippen molar-refractivity contribution in [1.29, 1.82) is 0 Å². The van der Waals surface area contributed by atoms with Crippen LogP contribution in [0.4, 0.5) is 0 Å². The second kappa shape index (κ2) is 6.15. The summed E-state index contributed by atoms with van der Waals surface area (Å²) in [5.41, 5.74) is 0. The van der Waals surface area contributed by atoms with E-state index in [1.54, 1.807) is 12.5 Å². The molecule has 0 radical (unpaired) electrons. The van der Waals surface area contributed by atoms with E-state index in [1.165, 1.54) is 0 Å². The van der Waals surface area contributed by atoms with Gasteiger partial charge in [0.1, 0.15) is 6.04 Å². The summed E-state index contributed by atoms with van der Waals surface area (Å²) in [7, 11) is 0. The number of nitrogens with zero attached hydrogens (tertiary/aromatic N) is 4. The van der Waals surface area contributed by atoms with Crippen LogP contribution >= 0.6 is 0 Å². The third-order valence-corrected chi connectivity index (χ3v) is 4.73. The van der Waals surface area contributed by atoms with E-state index in [0.29, 0.717) is 12.0 Å². The van der Waals surface area contributed by atoms with Crippen LogP contribution in [0, 0.1) is 5.92 Å². The zero-order valence-corrected chi connectivity index (χ0v) is 12.8. The standard InChI is InChI=1S/C15H24N4O2/c1-12-9-19(10-14(12)17-5-7-21-8-6-17)15(20)13(2)18-4-3-16-11-18/h3-4,11-14H,5-10H2,1-2H3/t12-,13-,14-/m1/s1. The predicted octanol–water partition coefficient (Wildman–Crippen LogP) is 0.623. The first-order chi connectivity index (χ1) is 10.2. The molecule has 3 atom stereocenters. The molecule has 2 fully saturated rings. The van der Waals surface area contributed by atoms with Gasteiger partial charge in [0.2, 0.25) is 5.91 Å². The number of likely N-dealkylation sites (tertiary alicyclic amines) is 1. The van der Waals surface area contributed by atoms with Crippen molar-refractivity contribution in [1.82, 2.24) is 19.4 Å². The molecule has 0 saturated carbocycles. The summed E-state index contributed by atoms with van der Waals surface area (Å²) in [6.07, 6.45) is 5.27. The number of imidazole rings is 1. The van der Waals surface area contributed by atoms with Gasteiger partial charge < -0.3 is 14.2 Å². The molecule has 2 aliphatic heterocycles. The lowest BCUT2D eigenvalue weighted by Gasteiger charge is -2.34. The zero-order chi connectivity index (χ0) is 14.8. The van der Waals surface area contributed by atoms with Gasteiger partial charge in [0.15, 0.2) is 0 Å². The maximum absolute atomic E-state index is 12.7. The summed E-state index contributed by atoms with van der Waals surface area (Å²) >= 11 is 0. The Morgan fingerprint density at radius 3 is 2.76 bits per heavy atom. The summed E-state index contributed by atoms with van der Waals surface area (Å²) in [4.78, 5) is 21.2. The average molecular weight is 292 g/mol. The number of rotatable bonds is 3. The van der Waals surface area contributed by atoms with Gasteiger partial charge in [-0.25, -0.2) is 4.98 Å². The van der Waals surface area contributed by atoms with Gasteiger partial charge in [-0.1, -0.05) is 6.92 Å². The van der Waals surface area contributed by atoms with Crippen molar-refractivity contribution in [2.75, 3.05) is 39.4 Å². The van der Waals surface area contributed by atoms with E-state index in [-0.39, 0.29) is 11.9 Å². The fourth-order valence-corrected chi connectivity index (χ4v) is 3.40. The minimum absolute atomic E-state index is 0.178. The van der Waals surface area contributed by atoms with Crippen molar-refractivity contribution in [3.8, 4) is 0 Å². The van der Waals surface area contributed by atoms with Crippen molar-refractivity contribution in [3.05, 3.63) is 18.7 Å². The summed E-state index contributed by atoms with van der Waals surface area (Å²) < 4.78 is 7.29. The van der Waals surface area contributed by atoms with Crippen LogP contribution in [0.15, 0.2) is 18.7 Å². The molecule has 3 rings (SSSR count). The van der Waals surface area contributed by atoms with E-state index in [4.69, 9.17) is 4.74 Å². The SMILES string of the molecule is C[C@@H]1CN(C(=O)[C@@H](C)n2ccnc2)C[C@H]1N1CCOCC1. The number of hydrogen-bond acceptors (Lipinski definition) is 4. The number of carbonyl (C=O) groups is 1. The Labute approximate surface area is 125 Å². The van der Waals surface area contributed by atoms with Crippen molar-refractivity contribution < 1.29 is 9.53 Å². The molecule has 1 aromatic heterocycles. The highest BCUT2D eigenvalue weighted by Crippen LogP contribution is 2.24. The Balaban J connectivity index is 1.63. The molecule has 0 aliphatic carbocycles. The monoisotopic (exact) mass is 292 g/mol. The summed E-state index contributed by atoms with van der Waals surface area (Å²) in [6.45, 7) is 9.44. The van der Waals surface area contributed by atoms with Crippen LogP contribution < -0.4 is 0 Å². The van der Waals surface area contributed by atoms with Gasteiger partial charge in [-0.05, 0) is 12.8 Å². The van der Waals surface area contributed by atoms with E-state index in [1.807, 2.05) is 22.6 Å². The lowest BCUT2D eigenvalue weighted by Crippen LogP contribution is -2.47. The Morgan fingerprint density at radius 2 is 2.10 bits per heavy atom. The largest absolute Gasteiger partial charge is 0.379 e. The summed E-state index contributed by atoms with van der Waals surface area (Å²) in [5, 5.41) is 0. The lowest BCUT2D eigenvalue weighted by molar-refractivity contribution is -0.133. The third-order valence-electron chi connectivity index (χ3n) is 4.73. The van der Waals surface area contributed by atoms with Gasteiger partial charge in [0, 0.05) is 44.6 Å². The molecule has 1 aromatic rings. The van der Waals surface area contributed by atoms with Crippen molar-refractivity contribution in [3.63, 3.8) is 0 Å². The molecule has 21 heavy (non-hydrogen) atoms. The van der Waals surface area contributed by atoms with E-state index in [0.717, 1.165) is 39.4 Å². The smallest absolute Gasteiger partial charge is 0.245 e. The predicted molar refractivity (Wildman–Crippen MR) is 78.9 cm³/mol. The maximum Gasteiger partial charge on any atom is 0.245 e. The number of amides is 1. The van der Waals surface area contributed by atoms with Crippen molar-refractivity contribution >= 4 is 5.91 Å². The first kappa shape index (κ1) is 14.5. The molecule has 0 unspecified atom stereocenters. The third kappa shape index (κ3) is 2.96. The lowest BCUT2D eigenvalue weighted by atomic mass is 10.0. The van der Waals surface area contributed by atoms with E-state index < -0.39 is 0 Å². The molecule has 6 nitrogen and oxygen atoms in total. The number of hydrogen-bond donors (Lipinski definition) is 0. The maximum atomic E-state index is 12.7. The van der Waals surface area contributed by atoms with Gasteiger partial charge >= 0.3 is 0 Å². The molecule has 0 bridgehead atoms. The zero-order valence-electron chi connectivity index (χ0n) is 12.8. The molecule has 1 amide bonds. The molecule has 2 saturated heterocycles. The Hall–Kier alpha value is -1.40. The molecule has 2 aliphatic rings. The van der Waals surface area contributed by atoms with E-state index >= 15 is 0 Å². The number of aromatic nitrogens is 2. The molecule has 0 N–H and O–H groups in total. The second-order valence-electron chi connectivity index (χ2n) is 6.12. The summed E-state index contributed by atoms with van der Waals surface area (Å²) in [6, 6.07) is 0.288. The highest BCUT2D eigenvalue weighted by Gasteiger charge is 2.37. The topological polar surface area (TPSA) is 50.6 Å². The molecular formula is C15H24N4O2. The van der Waals surface area contributed by atoms with Crippen LogP contribution in [0.5, 0.6) is 0 Å². The molecule has 116 valence electrons. The molecule has 6 heteroatoms. The Kier molecular flexibility index (Phi) is 4.26. The first-order valence-electron chi connectivity index (χ1n) is 7.75. The first-order valence-corrected chi connectivity index (χ1v) is 7.75. The number of carbonyl (C=O) groups excluding carboxylic acids is 1. The fourth-order valence-electron chi connectivity index (χ4n) is 3.40. The van der Waals surface area contributed by atoms with Gasteiger partial charge in [-0.3, -0.25) is 9.69 Å². The quantitative estimate of drug-likeness (QED) is 0.820. The summed E-state index contributed by atoms with van der Waals surface area (Å²) in [5.74, 6) is 0.706. The second-order valence-corrected chi connectivity index (χ2v) is 6.12. The van der Waals surface area contributed by atoms with Crippen molar-refractivity contribution in [2.24, 2.45) is 5.92 Å². The van der Waals surface area contributed by atoms with Crippen molar-refractivity contribution in [2.45, 2.75) is 25.9 Å². The van der Waals surface area contributed by atoms with E-state index in [2.05, 4.69) is 16.8 Å². The molecule has 0 aromatic carbocycles. The van der Waals surface area contributed by atoms with Gasteiger partial charge in [0.25, 0.3) is 0 Å². The van der Waals surface area contributed by atoms with Crippen LogP contribution in [0.3, 0.4) is 0 Å². The number of ether oxygens (including phenoxy) is 1. The van der Waals surface area contributed by atoms with Crippen LogP contribution in [0.25, 0.3) is 0 Å². The van der Waals surface area contributed by atoms with E-state index in [9.17, 15) is 4.79 Å². The highest BCUT2D eigenvalue weighted by molar-refractivity contribution is 5.80. The Morgan fingerprint density at radius 1 is 1.33 bits per heavy atom. The van der Waals surface area contributed by atoms with Crippen LogP contribution in [0.1, 0.15) is 19.9 Å². The van der Waals surface area contributed by atoms with Crippen LogP contribution in [-0.2, 0) is 9.53 Å². The molecule has 0 spiro atoms. The minimum Gasteiger partial charge on any atom is -0.379 e. The molecule has 3 heterocycles. The molecular weight excluding hydrogens is 268 g/mol. The fraction of sp³-hybridized carbons (Fsp3) is 0.733. The van der Waals surface area contributed by atoms with Crippen LogP contribution in [-0.4, -0.2) is 70.7 Å². The Bertz CT molecular complexity index is 470. The average Bonchev–Trinajstić information content (AvgIpc) is 3.16. The van der Waals surface area contributed by atoms with Crippen LogP contribution in [0.2, 0.25) is 0 Å². The normalized spacial score (nSPS) is 28.8. The number of morpholine rings is 1. The highest BCUT2D eigenvalue weighted by atomic mass is 16.5. The van der Waals surface area contributed by atoms with Gasteiger partial charge in [-0.2, -0.15) is 0 Å². The van der Waals surface area contributed by atoms with Gasteiger partial charge in [0.05, 0.1) is 19.5 Å². The van der Waals surface area contributed by atoms with Gasteiger partial charge in [-0.15, -0.1) is 0 Å². The minimum atomic E-state index is -0.178.